The minimum Gasteiger partial charge on any atom is -0.495 e. The van der Waals surface area contributed by atoms with E-state index in [4.69, 9.17) is 19.3 Å². The van der Waals surface area contributed by atoms with Crippen LogP contribution in [0.2, 0.25) is 0 Å². The first kappa shape index (κ1) is 21.3. The smallest absolute Gasteiger partial charge is 0.341 e. The van der Waals surface area contributed by atoms with E-state index in [9.17, 15) is 14.4 Å². The second kappa shape index (κ2) is 9.36. The first-order valence-corrected chi connectivity index (χ1v) is 9.78. The number of carbonyl (C=O) groups excluding carboxylic acids is 2. The lowest BCUT2D eigenvalue weighted by Gasteiger charge is -2.15. The number of carboxylic acid groups (broad SMARTS) is 1. The number of hydrogen-bond acceptors (Lipinski definition) is 7. The van der Waals surface area contributed by atoms with Crippen molar-refractivity contribution in [2.75, 3.05) is 25.2 Å². The van der Waals surface area contributed by atoms with E-state index in [-0.39, 0.29) is 10.7 Å². The van der Waals surface area contributed by atoms with Gasteiger partial charge in [0.1, 0.15) is 5.75 Å². The van der Waals surface area contributed by atoms with Crippen molar-refractivity contribution in [1.29, 1.82) is 0 Å². The number of rotatable bonds is 8. The Morgan fingerprint density at radius 3 is 2.57 bits per heavy atom. The van der Waals surface area contributed by atoms with Crippen molar-refractivity contribution < 1.29 is 33.7 Å². The van der Waals surface area contributed by atoms with E-state index in [2.05, 4.69) is 0 Å². The molecule has 2 amide bonds. The van der Waals surface area contributed by atoms with E-state index in [1.165, 1.54) is 7.11 Å². The molecule has 1 heterocycles. The van der Waals surface area contributed by atoms with Crippen molar-refractivity contribution in [2.45, 2.75) is 6.92 Å². The van der Waals surface area contributed by atoms with Gasteiger partial charge in [-0.15, -0.1) is 0 Å². The molecule has 0 spiro atoms. The molecule has 9 heteroatoms. The largest absolute Gasteiger partial charge is 0.495 e. The van der Waals surface area contributed by atoms with Gasteiger partial charge in [-0.1, -0.05) is 18.2 Å². The van der Waals surface area contributed by atoms with Crippen molar-refractivity contribution in [2.24, 2.45) is 0 Å². The van der Waals surface area contributed by atoms with E-state index < -0.39 is 23.7 Å². The maximum absolute atomic E-state index is 12.9. The molecular weight excluding hydrogens is 410 g/mol. The third-order valence-corrected chi connectivity index (χ3v) is 4.91. The quantitative estimate of drug-likeness (QED) is 0.632. The van der Waals surface area contributed by atoms with Crippen LogP contribution in [0, 0.1) is 0 Å². The monoisotopic (exact) mass is 429 g/mol. The SMILES string of the molecule is CCOc1cc(/C=C2/SC(=O)N(c3ccccc3OC)C2=O)ccc1OCC(=O)O. The Bertz CT molecular complexity index is 1020. The molecular formula is C21H19NO7S. The predicted molar refractivity (Wildman–Crippen MR) is 112 cm³/mol. The topological polar surface area (TPSA) is 102 Å². The Hall–Kier alpha value is -3.46. The number of benzene rings is 2. The van der Waals surface area contributed by atoms with Crippen LogP contribution >= 0.6 is 11.8 Å². The number of para-hydroxylation sites is 2. The summed E-state index contributed by atoms with van der Waals surface area (Å²) < 4.78 is 16.0. The van der Waals surface area contributed by atoms with Gasteiger partial charge in [0.2, 0.25) is 0 Å². The van der Waals surface area contributed by atoms with Gasteiger partial charge in [-0.25, -0.2) is 9.69 Å². The molecule has 1 aliphatic rings. The normalized spacial score (nSPS) is 14.9. The number of thioether (sulfide) groups is 1. The number of carboxylic acids is 1. The summed E-state index contributed by atoms with van der Waals surface area (Å²) >= 11 is 0.821. The van der Waals surface area contributed by atoms with Crippen LogP contribution in [0.15, 0.2) is 47.4 Å². The molecule has 1 aliphatic heterocycles. The summed E-state index contributed by atoms with van der Waals surface area (Å²) in [5.41, 5.74) is 0.977. The van der Waals surface area contributed by atoms with Gasteiger partial charge in [-0.05, 0) is 54.6 Å². The van der Waals surface area contributed by atoms with Crippen molar-refractivity contribution in [3.8, 4) is 17.2 Å². The molecule has 2 aromatic rings. The van der Waals surface area contributed by atoms with Crippen molar-refractivity contribution in [3.63, 3.8) is 0 Å². The number of imide groups is 1. The molecule has 1 N–H and O–H groups in total. The lowest BCUT2D eigenvalue weighted by atomic mass is 10.1. The van der Waals surface area contributed by atoms with Crippen LogP contribution in [0.4, 0.5) is 10.5 Å². The third kappa shape index (κ3) is 4.57. The second-order valence-electron chi connectivity index (χ2n) is 6.01. The number of hydrogen-bond donors (Lipinski definition) is 1. The summed E-state index contributed by atoms with van der Waals surface area (Å²) in [5.74, 6) is -0.528. The molecule has 3 rings (SSSR count). The van der Waals surface area contributed by atoms with Crippen LogP contribution in [0.3, 0.4) is 0 Å². The van der Waals surface area contributed by atoms with Gasteiger partial charge >= 0.3 is 5.97 Å². The highest BCUT2D eigenvalue weighted by atomic mass is 32.2. The second-order valence-corrected chi connectivity index (χ2v) is 7.00. The average Bonchev–Trinajstić information content (AvgIpc) is 3.00. The van der Waals surface area contributed by atoms with Crippen molar-refractivity contribution >= 4 is 40.6 Å². The highest BCUT2D eigenvalue weighted by molar-refractivity contribution is 8.19. The Kier molecular flexibility index (Phi) is 6.63. The van der Waals surface area contributed by atoms with Gasteiger partial charge in [-0.2, -0.15) is 0 Å². The molecule has 156 valence electrons. The summed E-state index contributed by atoms with van der Waals surface area (Å²) in [6.45, 7) is 1.63. The van der Waals surface area contributed by atoms with Crippen LogP contribution in [0.5, 0.6) is 17.2 Å². The molecule has 1 fully saturated rings. The van der Waals surface area contributed by atoms with Gasteiger partial charge in [0.25, 0.3) is 11.1 Å². The number of anilines is 1. The molecule has 0 unspecified atom stereocenters. The fraction of sp³-hybridized carbons (Fsp3) is 0.190. The maximum atomic E-state index is 12.9. The molecule has 0 saturated carbocycles. The standard InChI is InChI=1S/C21H19NO7S/c1-3-28-17-10-13(8-9-16(17)29-12-19(23)24)11-18-20(25)22(21(26)30-18)14-6-4-5-7-15(14)27-2/h4-11H,3,12H2,1-2H3,(H,23,24)/b18-11+. The Morgan fingerprint density at radius 2 is 1.87 bits per heavy atom. The van der Waals surface area contributed by atoms with E-state index >= 15 is 0 Å². The van der Waals surface area contributed by atoms with Crippen LogP contribution in [0.25, 0.3) is 6.08 Å². The summed E-state index contributed by atoms with van der Waals surface area (Å²) in [6, 6.07) is 11.6. The van der Waals surface area contributed by atoms with Gasteiger partial charge in [0, 0.05) is 0 Å². The van der Waals surface area contributed by atoms with E-state index in [0.29, 0.717) is 29.4 Å². The Morgan fingerprint density at radius 1 is 1.10 bits per heavy atom. The number of aliphatic carboxylic acids is 1. The number of methoxy groups -OCH3 is 1. The highest BCUT2D eigenvalue weighted by Crippen LogP contribution is 2.40. The molecule has 2 aromatic carbocycles. The number of carbonyl (C=O) groups is 3. The summed E-state index contributed by atoms with van der Waals surface area (Å²) in [7, 11) is 1.47. The molecule has 30 heavy (non-hydrogen) atoms. The van der Waals surface area contributed by atoms with Crippen LogP contribution in [-0.2, 0) is 9.59 Å². The van der Waals surface area contributed by atoms with Crippen molar-refractivity contribution in [3.05, 3.63) is 52.9 Å². The van der Waals surface area contributed by atoms with Crippen LogP contribution < -0.4 is 19.1 Å². The first-order valence-electron chi connectivity index (χ1n) is 8.97. The molecule has 0 radical (unpaired) electrons. The molecule has 0 bridgehead atoms. The molecule has 0 aromatic heterocycles. The third-order valence-electron chi connectivity index (χ3n) is 4.04. The first-order chi connectivity index (χ1) is 14.4. The van der Waals surface area contributed by atoms with E-state index in [1.807, 2.05) is 0 Å². The van der Waals surface area contributed by atoms with E-state index in [0.717, 1.165) is 16.7 Å². The zero-order valence-electron chi connectivity index (χ0n) is 16.3. The maximum Gasteiger partial charge on any atom is 0.341 e. The average molecular weight is 429 g/mol. The highest BCUT2D eigenvalue weighted by Gasteiger charge is 2.37. The Balaban J connectivity index is 1.89. The lowest BCUT2D eigenvalue weighted by Crippen LogP contribution is -2.28. The summed E-state index contributed by atoms with van der Waals surface area (Å²) in [4.78, 5) is 37.4. The molecule has 8 nitrogen and oxygen atoms in total. The lowest BCUT2D eigenvalue weighted by molar-refractivity contribution is -0.139. The zero-order valence-corrected chi connectivity index (χ0v) is 17.1. The fourth-order valence-electron chi connectivity index (χ4n) is 2.78. The number of ether oxygens (including phenoxy) is 3. The summed E-state index contributed by atoms with van der Waals surface area (Å²) in [5, 5.41) is 8.36. The van der Waals surface area contributed by atoms with Crippen LogP contribution in [-0.4, -0.2) is 42.5 Å². The predicted octanol–water partition coefficient (Wildman–Crippen LogP) is 3.80. The molecule has 0 atom stereocenters. The fourth-order valence-corrected chi connectivity index (χ4v) is 3.62. The van der Waals surface area contributed by atoms with Gasteiger partial charge in [-0.3, -0.25) is 9.59 Å². The zero-order chi connectivity index (χ0) is 21.7. The number of nitrogens with zero attached hydrogens (tertiary/aromatic N) is 1. The number of amides is 2. The molecule has 1 saturated heterocycles. The molecule has 0 aliphatic carbocycles. The van der Waals surface area contributed by atoms with Crippen molar-refractivity contribution in [1.82, 2.24) is 0 Å². The minimum absolute atomic E-state index is 0.243. The van der Waals surface area contributed by atoms with Gasteiger partial charge < -0.3 is 19.3 Å². The van der Waals surface area contributed by atoms with E-state index in [1.54, 1.807) is 55.5 Å². The van der Waals surface area contributed by atoms with Gasteiger partial charge in [0.15, 0.2) is 18.1 Å². The summed E-state index contributed by atoms with van der Waals surface area (Å²) in [6.07, 6.45) is 1.57. The van der Waals surface area contributed by atoms with Gasteiger partial charge in [0.05, 0.1) is 24.3 Å². The minimum atomic E-state index is -1.11. The Labute approximate surface area is 177 Å². The van der Waals surface area contributed by atoms with Crippen LogP contribution in [0.1, 0.15) is 12.5 Å².